The number of carboxylic acids is 1. The molecule has 3 rings (SSSR count). The van der Waals surface area contributed by atoms with Crippen LogP contribution in [0.15, 0.2) is 54.6 Å². The Labute approximate surface area is 121 Å². The van der Waals surface area contributed by atoms with Crippen LogP contribution in [0.3, 0.4) is 0 Å². The Bertz CT molecular complexity index is 813. The third-order valence-electron chi connectivity index (χ3n) is 3.34. The van der Waals surface area contributed by atoms with Crippen LogP contribution in [0.2, 0.25) is 0 Å². The van der Waals surface area contributed by atoms with Gasteiger partial charge in [0, 0.05) is 10.9 Å². The highest BCUT2D eigenvalue weighted by molar-refractivity contribution is 6.07. The van der Waals surface area contributed by atoms with E-state index in [1.165, 1.54) is 7.11 Å². The van der Waals surface area contributed by atoms with Crippen LogP contribution in [0.4, 0.5) is 0 Å². The quantitative estimate of drug-likeness (QED) is 0.795. The van der Waals surface area contributed by atoms with E-state index in [0.29, 0.717) is 11.4 Å². The Morgan fingerprint density at radius 3 is 2.24 bits per heavy atom. The molecule has 0 unspecified atom stereocenters. The number of hydrogen-bond acceptors (Lipinski definition) is 3. The maximum atomic E-state index is 11.6. The topological polar surface area (TPSA) is 59.4 Å². The number of aromatic carboxylic acids is 1. The molecule has 0 amide bonds. The van der Waals surface area contributed by atoms with Gasteiger partial charge < -0.3 is 9.84 Å². The molecule has 0 atom stereocenters. The van der Waals surface area contributed by atoms with Gasteiger partial charge in [-0.25, -0.2) is 9.78 Å². The van der Waals surface area contributed by atoms with E-state index in [1.54, 1.807) is 0 Å². The van der Waals surface area contributed by atoms with Gasteiger partial charge >= 0.3 is 5.97 Å². The van der Waals surface area contributed by atoms with Crippen molar-refractivity contribution in [2.24, 2.45) is 0 Å². The van der Waals surface area contributed by atoms with Crippen molar-refractivity contribution >= 4 is 16.7 Å². The lowest BCUT2D eigenvalue weighted by Crippen LogP contribution is -2.06. The number of methoxy groups -OCH3 is 1. The van der Waals surface area contributed by atoms with Crippen LogP contribution in [0.5, 0.6) is 5.88 Å². The van der Waals surface area contributed by atoms with E-state index < -0.39 is 5.97 Å². The molecular weight excluding hydrogens is 266 g/mol. The first-order chi connectivity index (χ1) is 10.2. The molecule has 1 aromatic heterocycles. The summed E-state index contributed by atoms with van der Waals surface area (Å²) in [5.41, 5.74) is 1.43. The smallest absolute Gasteiger partial charge is 0.355 e. The molecule has 0 spiro atoms. The number of hydrogen-bond donors (Lipinski definition) is 1. The third-order valence-corrected chi connectivity index (χ3v) is 3.34. The predicted molar refractivity (Wildman–Crippen MR) is 80.7 cm³/mol. The number of carbonyl (C=O) groups is 1. The van der Waals surface area contributed by atoms with Crippen LogP contribution in [0, 0.1) is 0 Å². The zero-order valence-corrected chi connectivity index (χ0v) is 11.4. The van der Waals surface area contributed by atoms with Crippen molar-refractivity contribution in [2.75, 3.05) is 7.11 Å². The molecule has 21 heavy (non-hydrogen) atoms. The number of rotatable bonds is 3. The summed E-state index contributed by atoms with van der Waals surface area (Å²) in [5.74, 6) is -0.749. The van der Waals surface area contributed by atoms with Gasteiger partial charge in [-0.05, 0) is 17.0 Å². The number of carboxylic acid groups (broad SMARTS) is 1. The highest BCUT2D eigenvalue weighted by atomic mass is 16.5. The molecule has 3 aromatic rings. The van der Waals surface area contributed by atoms with Gasteiger partial charge in [0.1, 0.15) is 0 Å². The van der Waals surface area contributed by atoms with Gasteiger partial charge in [0.05, 0.1) is 7.11 Å². The standard InChI is InChI=1S/C17H13NO3/c1-21-16-13-10-6-5-9-12(13)14(15(18-16)17(19)20)11-7-3-2-4-8-11/h2-10H,1H3,(H,19,20). The van der Waals surface area contributed by atoms with Crippen molar-refractivity contribution in [2.45, 2.75) is 0 Å². The van der Waals surface area contributed by atoms with Crippen LogP contribution >= 0.6 is 0 Å². The number of aromatic nitrogens is 1. The lowest BCUT2D eigenvalue weighted by molar-refractivity contribution is 0.0690. The second-order valence-electron chi connectivity index (χ2n) is 4.56. The first kappa shape index (κ1) is 13.1. The van der Waals surface area contributed by atoms with Crippen LogP contribution < -0.4 is 4.74 Å². The SMILES string of the molecule is COc1nc(C(=O)O)c(-c2ccccc2)c2ccccc12. The van der Waals surface area contributed by atoms with Crippen molar-refractivity contribution in [3.63, 3.8) is 0 Å². The van der Waals surface area contributed by atoms with Gasteiger partial charge in [0.25, 0.3) is 0 Å². The first-order valence-corrected chi connectivity index (χ1v) is 6.48. The number of nitrogens with zero attached hydrogens (tertiary/aromatic N) is 1. The summed E-state index contributed by atoms with van der Waals surface area (Å²) in [6.07, 6.45) is 0. The number of pyridine rings is 1. The molecule has 4 heteroatoms. The zero-order valence-electron chi connectivity index (χ0n) is 11.4. The van der Waals surface area contributed by atoms with E-state index in [2.05, 4.69) is 4.98 Å². The van der Waals surface area contributed by atoms with Crippen LogP contribution in [-0.2, 0) is 0 Å². The van der Waals surface area contributed by atoms with Gasteiger partial charge in [-0.1, -0.05) is 48.5 Å². The van der Waals surface area contributed by atoms with Crippen molar-refractivity contribution < 1.29 is 14.6 Å². The van der Waals surface area contributed by atoms with Gasteiger partial charge in [0.2, 0.25) is 5.88 Å². The second kappa shape index (κ2) is 5.25. The summed E-state index contributed by atoms with van der Waals surface area (Å²) in [4.78, 5) is 15.8. The second-order valence-corrected chi connectivity index (χ2v) is 4.56. The van der Waals surface area contributed by atoms with E-state index in [4.69, 9.17) is 4.74 Å². The summed E-state index contributed by atoms with van der Waals surface area (Å²) in [6, 6.07) is 16.9. The van der Waals surface area contributed by atoms with Gasteiger partial charge in [-0.3, -0.25) is 0 Å². The van der Waals surface area contributed by atoms with Crippen molar-refractivity contribution in [1.82, 2.24) is 4.98 Å². The Morgan fingerprint density at radius 2 is 1.62 bits per heavy atom. The lowest BCUT2D eigenvalue weighted by Gasteiger charge is -2.13. The molecule has 4 nitrogen and oxygen atoms in total. The number of benzene rings is 2. The van der Waals surface area contributed by atoms with E-state index in [0.717, 1.165) is 16.3 Å². The Hall–Kier alpha value is -2.88. The molecule has 1 heterocycles. The molecule has 104 valence electrons. The highest BCUT2D eigenvalue weighted by Crippen LogP contribution is 2.35. The van der Waals surface area contributed by atoms with Gasteiger partial charge in [-0.2, -0.15) is 0 Å². The Balaban J connectivity index is 2.46. The van der Waals surface area contributed by atoms with Crippen LogP contribution in [-0.4, -0.2) is 23.2 Å². The molecule has 0 aliphatic rings. The molecule has 0 saturated carbocycles. The average Bonchev–Trinajstić information content (AvgIpc) is 2.54. The number of fused-ring (bicyclic) bond motifs is 1. The highest BCUT2D eigenvalue weighted by Gasteiger charge is 2.20. The maximum Gasteiger partial charge on any atom is 0.355 e. The fourth-order valence-electron chi connectivity index (χ4n) is 2.44. The summed E-state index contributed by atoms with van der Waals surface area (Å²) in [5, 5.41) is 11.1. The summed E-state index contributed by atoms with van der Waals surface area (Å²) >= 11 is 0. The van der Waals surface area contributed by atoms with Gasteiger partial charge in [-0.15, -0.1) is 0 Å². The number of ether oxygens (including phenoxy) is 1. The average molecular weight is 279 g/mol. The van der Waals surface area contributed by atoms with E-state index in [1.807, 2.05) is 54.6 Å². The molecule has 0 radical (unpaired) electrons. The summed E-state index contributed by atoms with van der Waals surface area (Å²) in [7, 11) is 1.49. The minimum atomic E-state index is -1.07. The molecule has 2 aromatic carbocycles. The molecular formula is C17H13NO3. The minimum Gasteiger partial charge on any atom is -0.481 e. The zero-order chi connectivity index (χ0) is 14.8. The molecule has 0 aliphatic carbocycles. The molecule has 0 aliphatic heterocycles. The lowest BCUT2D eigenvalue weighted by atomic mass is 9.97. The normalized spacial score (nSPS) is 10.5. The van der Waals surface area contributed by atoms with Crippen molar-refractivity contribution in [3.8, 4) is 17.0 Å². The van der Waals surface area contributed by atoms with Crippen molar-refractivity contribution in [3.05, 3.63) is 60.3 Å². The van der Waals surface area contributed by atoms with Crippen LogP contribution in [0.25, 0.3) is 21.9 Å². The summed E-state index contributed by atoms with van der Waals surface area (Å²) in [6.45, 7) is 0. The molecule has 0 bridgehead atoms. The fraction of sp³-hybridized carbons (Fsp3) is 0.0588. The van der Waals surface area contributed by atoms with Gasteiger partial charge in [0.15, 0.2) is 5.69 Å². The molecule has 0 saturated heterocycles. The van der Waals surface area contributed by atoms with E-state index >= 15 is 0 Å². The molecule has 0 fully saturated rings. The molecule has 1 N–H and O–H groups in total. The largest absolute Gasteiger partial charge is 0.481 e. The van der Waals surface area contributed by atoms with E-state index in [-0.39, 0.29) is 5.69 Å². The van der Waals surface area contributed by atoms with Crippen LogP contribution in [0.1, 0.15) is 10.5 Å². The maximum absolute atomic E-state index is 11.6. The first-order valence-electron chi connectivity index (χ1n) is 6.48. The third kappa shape index (κ3) is 2.21. The Kier molecular flexibility index (Phi) is 3.28. The summed E-state index contributed by atoms with van der Waals surface area (Å²) < 4.78 is 5.23. The van der Waals surface area contributed by atoms with E-state index in [9.17, 15) is 9.90 Å². The predicted octanol–water partition coefficient (Wildman–Crippen LogP) is 3.61. The fourth-order valence-corrected chi connectivity index (χ4v) is 2.44. The Morgan fingerprint density at radius 1 is 1.00 bits per heavy atom. The van der Waals surface area contributed by atoms with Crippen molar-refractivity contribution in [1.29, 1.82) is 0 Å². The minimum absolute atomic E-state index is 0.00301. The monoisotopic (exact) mass is 279 g/mol.